The number of hydrogen-bond acceptors (Lipinski definition) is 4. The second kappa shape index (κ2) is 7.30. The van der Waals surface area contributed by atoms with Crippen LogP contribution in [0.3, 0.4) is 0 Å². The summed E-state index contributed by atoms with van der Waals surface area (Å²) < 4.78 is 5.31. The van der Waals surface area contributed by atoms with Crippen molar-refractivity contribution < 1.29 is 14.1 Å². The van der Waals surface area contributed by atoms with Crippen LogP contribution < -0.4 is 10.6 Å². The van der Waals surface area contributed by atoms with E-state index in [1.54, 1.807) is 4.90 Å². The normalized spacial score (nSPS) is 21.1. The summed E-state index contributed by atoms with van der Waals surface area (Å²) in [6, 6.07) is 9.46. The van der Waals surface area contributed by atoms with Crippen LogP contribution in [0.4, 0.5) is 10.5 Å². The number of piperidine rings is 1. The monoisotopic (exact) mass is 382 g/mol. The van der Waals surface area contributed by atoms with Crippen LogP contribution in [0.1, 0.15) is 43.7 Å². The fraction of sp³-hybridized carbons (Fsp3) is 0.476. The lowest BCUT2D eigenvalue weighted by Gasteiger charge is -2.38. The number of hydrogen-bond donors (Lipinski definition) is 2. The molecular formula is C21H26N4O3. The molecule has 3 heterocycles. The topological polar surface area (TPSA) is 87.5 Å². The van der Waals surface area contributed by atoms with Crippen molar-refractivity contribution in [3.8, 4) is 0 Å². The van der Waals surface area contributed by atoms with Gasteiger partial charge in [-0.2, -0.15) is 0 Å². The van der Waals surface area contributed by atoms with Crippen molar-refractivity contribution in [3.63, 3.8) is 0 Å². The molecule has 2 aliphatic rings. The highest BCUT2D eigenvalue weighted by Gasteiger charge is 2.49. The number of para-hydroxylation sites is 1. The van der Waals surface area contributed by atoms with E-state index in [9.17, 15) is 9.59 Å². The number of rotatable bonds is 4. The summed E-state index contributed by atoms with van der Waals surface area (Å²) in [5, 5.41) is 9.92. The summed E-state index contributed by atoms with van der Waals surface area (Å²) in [5.74, 6) is 1.12. The van der Waals surface area contributed by atoms with E-state index < -0.39 is 5.41 Å². The third kappa shape index (κ3) is 3.37. The summed E-state index contributed by atoms with van der Waals surface area (Å²) in [6.45, 7) is 5.56. The van der Waals surface area contributed by atoms with Gasteiger partial charge in [0.1, 0.15) is 0 Å². The average Bonchev–Trinajstić information content (AvgIpc) is 3.22. The zero-order chi connectivity index (χ0) is 19.7. The van der Waals surface area contributed by atoms with Crippen LogP contribution in [0.2, 0.25) is 0 Å². The van der Waals surface area contributed by atoms with Gasteiger partial charge in [-0.1, -0.05) is 37.2 Å². The molecule has 1 aromatic heterocycles. The number of carbonyl (C=O) groups excluding carboxylic acids is 2. The predicted molar refractivity (Wildman–Crippen MR) is 105 cm³/mol. The van der Waals surface area contributed by atoms with Crippen molar-refractivity contribution >= 4 is 17.6 Å². The van der Waals surface area contributed by atoms with Gasteiger partial charge in [0, 0.05) is 24.8 Å². The van der Waals surface area contributed by atoms with Crippen LogP contribution >= 0.6 is 0 Å². The molecule has 4 rings (SSSR count). The van der Waals surface area contributed by atoms with Gasteiger partial charge in [0.2, 0.25) is 5.91 Å². The van der Waals surface area contributed by atoms with Crippen LogP contribution in [0.25, 0.3) is 0 Å². The molecule has 0 saturated carbocycles. The van der Waals surface area contributed by atoms with Crippen molar-refractivity contribution in [1.82, 2.24) is 15.4 Å². The fourth-order valence-corrected chi connectivity index (χ4v) is 4.24. The third-order valence-corrected chi connectivity index (χ3v) is 5.54. The van der Waals surface area contributed by atoms with E-state index in [2.05, 4.69) is 29.6 Å². The summed E-state index contributed by atoms with van der Waals surface area (Å²) >= 11 is 0. The number of benzene rings is 1. The lowest BCUT2D eigenvalue weighted by molar-refractivity contribution is -0.122. The molecule has 1 saturated heterocycles. The predicted octanol–water partition coefficient (Wildman–Crippen LogP) is 3.07. The lowest BCUT2D eigenvalue weighted by atomic mass is 9.75. The maximum atomic E-state index is 12.8. The SMILES string of the molecule is CC(C)Cc1cc(CNC(=O)N2CCC[C@@]3(C2)C(=O)Nc2ccccc23)on1. The molecule has 28 heavy (non-hydrogen) atoms. The number of fused-ring (bicyclic) bond motifs is 2. The second-order valence-corrected chi connectivity index (χ2v) is 8.15. The van der Waals surface area contributed by atoms with Gasteiger partial charge in [-0.15, -0.1) is 0 Å². The molecule has 148 valence electrons. The standard InChI is InChI=1S/C21H26N4O3/c1-14(2)10-15-11-16(28-24-15)12-22-20(27)25-9-5-8-21(13-25)17-6-3-4-7-18(17)23-19(21)26/h3-4,6-7,11,14H,5,8-10,12-13H2,1-2H3,(H,22,27)(H,23,26)/t21-/m0/s1. The molecule has 2 N–H and O–H groups in total. The van der Waals surface area contributed by atoms with Crippen molar-refractivity contribution in [2.24, 2.45) is 5.92 Å². The largest absolute Gasteiger partial charge is 0.359 e. The fourth-order valence-electron chi connectivity index (χ4n) is 4.24. The third-order valence-electron chi connectivity index (χ3n) is 5.54. The number of likely N-dealkylation sites (tertiary alicyclic amines) is 1. The van der Waals surface area contributed by atoms with E-state index in [-0.39, 0.29) is 18.5 Å². The smallest absolute Gasteiger partial charge is 0.317 e. The van der Waals surface area contributed by atoms with Crippen LogP contribution in [-0.2, 0) is 23.2 Å². The van der Waals surface area contributed by atoms with Crippen molar-refractivity contribution in [2.45, 2.75) is 45.1 Å². The van der Waals surface area contributed by atoms with Gasteiger partial charge in [0.25, 0.3) is 0 Å². The molecule has 0 unspecified atom stereocenters. The average molecular weight is 382 g/mol. The quantitative estimate of drug-likeness (QED) is 0.851. The number of aromatic nitrogens is 1. The molecule has 1 spiro atoms. The number of carbonyl (C=O) groups is 2. The van der Waals surface area contributed by atoms with E-state index in [1.165, 1.54) is 0 Å². The molecule has 0 aliphatic carbocycles. The van der Waals surface area contributed by atoms with Crippen molar-refractivity contribution in [1.29, 1.82) is 0 Å². The summed E-state index contributed by atoms with van der Waals surface area (Å²) in [6.07, 6.45) is 2.39. The first-order chi connectivity index (χ1) is 13.5. The Bertz CT molecular complexity index is 891. The second-order valence-electron chi connectivity index (χ2n) is 8.15. The molecule has 1 atom stereocenters. The Morgan fingerprint density at radius 3 is 3.04 bits per heavy atom. The summed E-state index contributed by atoms with van der Waals surface area (Å²) in [7, 11) is 0. The molecule has 7 heteroatoms. The zero-order valence-electron chi connectivity index (χ0n) is 16.3. The molecule has 2 aromatic rings. The summed E-state index contributed by atoms with van der Waals surface area (Å²) in [4.78, 5) is 27.2. The van der Waals surface area contributed by atoms with Crippen LogP contribution in [0, 0.1) is 5.92 Å². The maximum Gasteiger partial charge on any atom is 0.317 e. The minimum atomic E-state index is -0.650. The highest BCUT2D eigenvalue weighted by molar-refractivity contribution is 6.06. The zero-order valence-corrected chi connectivity index (χ0v) is 16.3. The van der Waals surface area contributed by atoms with Crippen LogP contribution in [0.15, 0.2) is 34.9 Å². The van der Waals surface area contributed by atoms with E-state index in [1.807, 2.05) is 30.3 Å². The van der Waals surface area contributed by atoms with Gasteiger partial charge >= 0.3 is 6.03 Å². The number of nitrogens with zero attached hydrogens (tertiary/aromatic N) is 2. The van der Waals surface area contributed by atoms with Crippen molar-refractivity contribution in [3.05, 3.63) is 47.3 Å². The van der Waals surface area contributed by atoms with Crippen LogP contribution in [0.5, 0.6) is 0 Å². The Hall–Kier alpha value is -2.83. The van der Waals surface area contributed by atoms with Crippen LogP contribution in [-0.4, -0.2) is 35.1 Å². The highest BCUT2D eigenvalue weighted by atomic mass is 16.5. The Morgan fingerprint density at radius 2 is 2.21 bits per heavy atom. The molecule has 7 nitrogen and oxygen atoms in total. The number of amides is 3. The van der Waals surface area contributed by atoms with Gasteiger partial charge in [0.15, 0.2) is 5.76 Å². The maximum absolute atomic E-state index is 12.8. The van der Waals surface area contributed by atoms with Crippen molar-refractivity contribution in [2.75, 3.05) is 18.4 Å². The Morgan fingerprint density at radius 1 is 1.39 bits per heavy atom. The Balaban J connectivity index is 1.42. The first-order valence-corrected chi connectivity index (χ1v) is 9.86. The molecule has 3 amide bonds. The number of nitrogens with one attached hydrogen (secondary N) is 2. The first kappa shape index (κ1) is 18.5. The molecule has 1 fully saturated rings. The molecule has 2 aliphatic heterocycles. The van der Waals surface area contributed by atoms with E-state index in [0.717, 1.165) is 36.2 Å². The minimum Gasteiger partial charge on any atom is -0.359 e. The van der Waals surface area contributed by atoms with Gasteiger partial charge in [-0.05, 0) is 36.8 Å². The van der Waals surface area contributed by atoms with Gasteiger partial charge in [-0.3, -0.25) is 4.79 Å². The van der Waals surface area contributed by atoms with Gasteiger partial charge in [0.05, 0.1) is 17.7 Å². The van der Waals surface area contributed by atoms with E-state index in [4.69, 9.17) is 4.52 Å². The Labute approximate surface area is 164 Å². The number of anilines is 1. The lowest BCUT2D eigenvalue weighted by Crippen LogP contribution is -2.54. The van der Waals surface area contributed by atoms with E-state index >= 15 is 0 Å². The molecular weight excluding hydrogens is 356 g/mol. The summed E-state index contributed by atoms with van der Waals surface area (Å²) in [5.41, 5.74) is 2.10. The molecule has 0 bridgehead atoms. The van der Waals surface area contributed by atoms with Gasteiger partial charge < -0.3 is 20.1 Å². The molecule has 0 radical (unpaired) electrons. The first-order valence-electron chi connectivity index (χ1n) is 9.86. The van der Waals surface area contributed by atoms with Gasteiger partial charge in [-0.25, -0.2) is 4.79 Å². The number of urea groups is 1. The highest BCUT2D eigenvalue weighted by Crippen LogP contribution is 2.43. The Kier molecular flexibility index (Phi) is 4.83. The molecule has 1 aromatic carbocycles. The van der Waals surface area contributed by atoms with E-state index in [0.29, 0.717) is 24.8 Å². The minimum absolute atomic E-state index is 0.0141.